The number of para-hydroxylation sites is 1. The predicted octanol–water partition coefficient (Wildman–Crippen LogP) is 3.25. The van der Waals surface area contributed by atoms with Crippen molar-refractivity contribution in [2.45, 2.75) is 12.5 Å². The second-order valence-corrected chi connectivity index (χ2v) is 10.4. The van der Waals surface area contributed by atoms with Gasteiger partial charge in [-0.15, -0.1) is 0 Å². The van der Waals surface area contributed by atoms with E-state index in [-0.39, 0.29) is 17.2 Å². The fraction of sp³-hybridized carbons (Fsp3) is 0.259. The van der Waals surface area contributed by atoms with Gasteiger partial charge in [-0.2, -0.15) is 4.31 Å². The van der Waals surface area contributed by atoms with Crippen LogP contribution in [0.15, 0.2) is 72.8 Å². The predicted molar refractivity (Wildman–Crippen MR) is 142 cm³/mol. The summed E-state index contributed by atoms with van der Waals surface area (Å²) in [7, 11) is 0.786. The number of nitrogens with zero attached hydrogens (tertiary/aromatic N) is 1. The number of rotatable bonds is 11. The van der Waals surface area contributed by atoms with Crippen LogP contribution in [0.3, 0.4) is 0 Å². The number of hydrogen-bond acceptors (Lipinski definition) is 6. The molecule has 0 aliphatic carbocycles. The summed E-state index contributed by atoms with van der Waals surface area (Å²) in [4.78, 5) is 26.3. The monoisotopic (exact) mass is 525 g/mol. The summed E-state index contributed by atoms with van der Waals surface area (Å²) in [5.74, 6) is 0.274. The van der Waals surface area contributed by atoms with Crippen molar-refractivity contribution in [3.8, 4) is 11.5 Å². The quantitative estimate of drug-likeness (QED) is 0.397. The van der Waals surface area contributed by atoms with Gasteiger partial charge in [0.15, 0.2) is 11.5 Å². The third kappa shape index (κ3) is 7.08. The minimum atomic E-state index is -3.69. The van der Waals surface area contributed by atoms with Crippen LogP contribution < -0.4 is 20.1 Å². The molecular formula is C27H31N3O6S. The van der Waals surface area contributed by atoms with Gasteiger partial charge in [-0.3, -0.25) is 9.59 Å². The first-order chi connectivity index (χ1) is 17.7. The summed E-state index contributed by atoms with van der Waals surface area (Å²) in [6.45, 7) is 0.347. The van der Waals surface area contributed by atoms with Crippen molar-refractivity contribution in [1.82, 2.24) is 9.62 Å². The first-order valence-corrected chi connectivity index (χ1v) is 13.4. The third-order valence-electron chi connectivity index (χ3n) is 5.83. The largest absolute Gasteiger partial charge is 0.493 e. The first kappa shape index (κ1) is 27.7. The van der Waals surface area contributed by atoms with Crippen LogP contribution in [0.2, 0.25) is 0 Å². The lowest BCUT2D eigenvalue weighted by Crippen LogP contribution is -2.38. The Morgan fingerprint density at radius 1 is 0.919 bits per heavy atom. The minimum Gasteiger partial charge on any atom is -0.493 e. The molecule has 0 spiro atoms. The highest BCUT2D eigenvalue weighted by Gasteiger charge is 2.31. The van der Waals surface area contributed by atoms with E-state index in [9.17, 15) is 18.0 Å². The van der Waals surface area contributed by atoms with Crippen LogP contribution in [0.25, 0.3) is 0 Å². The molecule has 9 nitrogen and oxygen atoms in total. The number of carbonyl (C=O) groups excluding carboxylic acids is 2. The number of sulfonamides is 1. The zero-order valence-electron chi connectivity index (χ0n) is 21.2. The second-order valence-electron chi connectivity index (χ2n) is 8.32. The maximum Gasteiger partial charge on any atom is 0.253 e. The number of hydrogen-bond donors (Lipinski definition) is 2. The van der Waals surface area contributed by atoms with E-state index in [0.717, 1.165) is 16.1 Å². The van der Waals surface area contributed by atoms with Gasteiger partial charge in [-0.1, -0.05) is 48.5 Å². The first-order valence-electron chi connectivity index (χ1n) is 11.5. The molecular weight excluding hydrogens is 494 g/mol. The molecule has 196 valence electrons. The number of amides is 2. The van der Waals surface area contributed by atoms with Crippen molar-refractivity contribution in [3.63, 3.8) is 0 Å². The molecule has 0 aromatic heterocycles. The normalized spacial score (nSPS) is 12.0. The highest BCUT2D eigenvalue weighted by atomic mass is 32.2. The van der Waals surface area contributed by atoms with Crippen molar-refractivity contribution in [3.05, 3.63) is 89.5 Å². The zero-order chi connectivity index (χ0) is 27.0. The van der Waals surface area contributed by atoms with E-state index < -0.39 is 22.0 Å². The van der Waals surface area contributed by atoms with E-state index in [1.165, 1.54) is 7.05 Å². The molecule has 0 unspecified atom stereocenters. The molecule has 0 heterocycles. The number of methoxy groups -OCH3 is 2. The Morgan fingerprint density at radius 2 is 1.57 bits per heavy atom. The van der Waals surface area contributed by atoms with Gasteiger partial charge in [0.25, 0.3) is 5.91 Å². The van der Waals surface area contributed by atoms with Crippen LogP contribution in [0, 0.1) is 0 Å². The molecule has 0 saturated heterocycles. The number of nitrogens with one attached hydrogen (secondary N) is 2. The van der Waals surface area contributed by atoms with Crippen LogP contribution in [0.5, 0.6) is 11.5 Å². The summed E-state index contributed by atoms with van der Waals surface area (Å²) in [6, 6.07) is 19.6. The molecule has 37 heavy (non-hydrogen) atoms. The number of likely N-dealkylation sites (N-methyl/N-ethyl adjacent to an activating group) is 1. The summed E-state index contributed by atoms with van der Waals surface area (Å²) >= 11 is 0. The van der Waals surface area contributed by atoms with E-state index in [4.69, 9.17) is 9.47 Å². The van der Waals surface area contributed by atoms with Gasteiger partial charge in [0.1, 0.15) is 6.04 Å². The molecule has 3 aromatic carbocycles. The van der Waals surface area contributed by atoms with Crippen molar-refractivity contribution in [2.24, 2.45) is 0 Å². The van der Waals surface area contributed by atoms with Crippen LogP contribution in [0.1, 0.15) is 27.5 Å². The van der Waals surface area contributed by atoms with E-state index in [1.54, 1.807) is 74.9 Å². The SMILES string of the molecule is COc1ccc(CCNC(=O)c2ccccc2NC(=O)[C@H](c2ccccc2)N(C)S(C)(=O)=O)cc1OC. The number of anilines is 1. The van der Waals surface area contributed by atoms with Gasteiger partial charge in [0.05, 0.1) is 31.7 Å². The van der Waals surface area contributed by atoms with Crippen LogP contribution in [-0.4, -0.2) is 58.6 Å². The topological polar surface area (TPSA) is 114 Å². The van der Waals surface area contributed by atoms with Crippen LogP contribution in [0.4, 0.5) is 5.69 Å². The molecule has 0 fully saturated rings. The molecule has 2 N–H and O–H groups in total. The molecule has 0 aliphatic rings. The number of ether oxygens (including phenoxy) is 2. The second kappa shape index (κ2) is 12.4. The van der Waals surface area contributed by atoms with E-state index >= 15 is 0 Å². The Bertz CT molecular complexity index is 1350. The zero-order valence-corrected chi connectivity index (χ0v) is 22.0. The third-order valence-corrected chi connectivity index (χ3v) is 7.08. The molecule has 0 radical (unpaired) electrons. The van der Waals surface area contributed by atoms with Crippen molar-refractivity contribution < 1.29 is 27.5 Å². The average Bonchev–Trinajstić information content (AvgIpc) is 2.89. The number of carbonyl (C=O) groups is 2. The summed E-state index contributed by atoms with van der Waals surface area (Å²) < 4.78 is 36.1. The lowest BCUT2D eigenvalue weighted by Gasteiger charge is -2.26. The maximum atomic E-state index is 13.3. The Kier molecular flexibility index (Phi) is 9.26. The summed E-state index contributed by atoms with van der Waals surface area (Å²) in [6.07, 6.45) is 1.59. The summed E-state index contributed by atoms with van der Waals surface area (Å²) in [5, 5.41) is 5.61. The van der Waals surface area contributed by atoms with Crippen molar-refractivity contribution in [2.75, 3.05) is 39.4 Å². The average molecular weight is 526 g/mol. The smallest absolute Gasteiger partial charge is 0.253 e. The van der Waals surface area contributed by atoms with E-state index in [0.29, 0.717) is 30.0 Å². The van der Waals surface area contributed by atoms with Crippen LogP contribution in [-0.2, 0) is 21.2 Å². The lowest BCUT2D eigenvalue weighted by molar-refractivity contribution is -0.119. The standard InChI is InChI=1S/C27H31N3O6S/c1-30(37(4,33)34)25(20-10-6-5-7-11-20)27(32)29-22-13-9-8-12-21(22)26(31)28-17-16-19-14-15-23(35-2)24(18-19)36-3/h5-15,18,25H,16-17H2,1-4H3,(H,28,31)(H,29,32)/t25-/m0/s1. The van der Waals surface area contributed by atoms with Gasteiger partial charge >= 0.3 is 0 Å². The Hall–Kier alpha value is -3.89. The van der Waals surface area contributed by atoms with Gasteiger partial charge in [0.2, 0.25) is 15.9 Å². The van der Waals surface area contributed by atoms with Gasteiger partial charge in [-0.25, -0.2) is 8.42 Å². The van der Waals surface area contributed by atoms with E-state index in [1.807, 2.05) is 12.1 Å². The Morgan fingerprint density at radius 3 is 2.22 bits per heavy atom. The molecule has 1 atom stereocenters. The van der Waals surface area contributed by atoms with Gasteiger partial charge < -0.3 is 20.1 Å². The van der Waals surface area contributed by atoms with Crippen LogP contribution >= 0.6 is 0 Å². The molecule has 2 amide bonds. The number of benzene rings is 3. The molecule has 0 aliphatic heterocycles. The van der Waals surface area contributed by atoms with E-state index in [2.05, 4.69) is 10.6 Å². The van der Waals surface area contributed by atoms with Crippen molar-refractivity contribution >= 4 is 27.5 Å². The van der Waals surface area contributed by atoms with Crippen molar-refractivity contribution in [1.29, 1.82) is 0 Å². The highest BCUT2D eigenvalue weighted by Crippen LogP contribution is 2.28. The Labute approximate surface area is 217 Å². The Balaban J connectivity index is 1.74. The molecule has 0 bridgehead atoms. The highest BCUT2D eigenvalue weighted by molar-refractivity contribution is 7.88. The molecule has 0 saturated carbocycles. The molecule has 10 heteroatoms. The lowest BCUT2D eigenvalue weighted by atomic mass is 10.1. The van der Waals surface area contributed by atoms with Gasteiger partial charge in [0, 0.05) is 13.6 Å². The van der Waals surface area contributed by atoms with Gasteiger partial charge in [-0.05, 0) is 41.8 Å². The summed E-state index contributed by atoms with van der Waals surface area (Å²) in [5.41, 5.74) is 2.00. The fourth-order valence-electron chi connectivity index (χ4n) is 3.80. The molecule has 3 aromatic rings. The maximum absolute atomic E-state index is 13.3. The molecule has 3 rings (SSSR count). The fourth-order valence-corrected chi connectivity index (χ4v) is 4.40. The minimum absolute atomic E-state index is 0.261.